The van der Waals surface area contributed by atoms with E-state index in [0.717, 1.165) is 12.8 Å². The number of halogens is 2. The molecular formula is C32H32Cl2GeHf. The van der Waals surface area contributed by atoms with Gasteiger partial charge >= 0.3 is 210 Å². The molecule has 0 saturated heterocycles. The van der Waals surface area contributed by atoms with Crippen molar-refractivity contribution in [3.8, 4) is 0 Å². The fourth-order valence-electron chi connectivity index (χ4n) is 5.70. The Morgan fingerprint density at radius 1 is 0.556 bits per heavy atom. The van der Waals surface area contributed by atoms with Crippen LogP contribution in [0.2, 0.25) is 9.36 Å². The summed E-state index contributed by atoms with van der Waals surface area (Å²) >= 11 is -1.86. The van der Waals surface area contributed by atoms with E-state index in [1.165, 1.54) is 56.0 Å². The fraction of sp³-hybridized carbons (Fsp3) is 0.125. The molecule has 0 N–H and O–H groups in total. The molecule has 0 atom stereocenters. The molecule has 0 fully saturated rings. The molecule has 2 aliphatic rings. The van der Waals surface area contributed by atoms with Gasteiger partial charge in [0, 0.05) is 0 Å². The first-order valence-electron chi connectivity index (χ1n) is 12.3. The van der Waals surface area contributed by atoms with Gasteiger partial charge in [-0.25, -0.2) is 0 Å². The van der Waals surface area contributed by atoms with E-state index in [4.69, 9.17) is 0 Å². The molecule has 0 spiro atoms. The van der Waals surface area contributed by atoms with Gasteiger partial charge in [0.1, 0.15) is 0 Å². The van der Waals surface area contributed by atoms with Gasteiger partial charge in [0.25, 0.3) is 0 Å². The molecule has 0 unspecified atom stereocenters. The Bertz CT molecular complexity index is 1550. The molecular weight excluding hydrogens is 706 g/mol. The molecule has 0 amide bonds. The third-order valence-electron chi connectivity index (χ3n) is 8.00. The summed E-state index contributed by atoms with van der Waals surface area (Å²) in [6.07, 6.45) is 12.4. The van der Waals surface area contributed by atoms with Crippen molar-refractivity contribution in [2.24, 2.45) is 0 Å². The molecule has 0 nitrogen and oxygen atoms in total. The summed E-state index contributed by atoms with van der Waals surface area (Å²) < 4.78 is 8.90. The second-order valence-corrected chi connectivity index (χ2v) is 71.1. The second-order valence-electron chi connectivity index (χ2n) is 10.8. The summed E-state index contributed by atoms with van der Waals surface area (Å²) in [5.74, 6) is 0. The molecule has 4 heteroatoms. The van der Waals surface area contributed by atoms with Crippen LogP contribution < -0.4 is 0 Å². The van der Waals surface area contributed by atoms with Gasteiger partial charge in [0.15, 0.2) is 0 Å². The summed E-state index contributed by atoms with van der Waals surface area (Å²) in [5.41, 5.74) is 5.62. The topological polar surface area (TPSA) is 0 Å². The molecule has 0 aliphatic heterocycles. The van der Waals surface area contributed by atoms with Gasteiger partial charge in [0.05, 0.1) is 0 Å². The number of rotatable bonds is 4. The predicted molar refractivity (Wildman–Crippen MR) is 164 cm³/mol. The maximum absolute atomic E-state index is 3.27. The molecule has 4 aromatic rings. The Kier molecular flexibility index (Phi) is 7.80. The van der Waals surface area contributed by atoms with Gasteiger partial charge in [-0.15, -0.1) is 24.8 Å². The Labute approximate surface area is 232 Å². The zero-order valence-electron chi connectivity index (χ0n) is 20.8. The number of fused-ring (bicyclic) bond motifs is 2. The minimum atomic E-state index is -3.27. The van der Waals surface area contributed by atoms with E-state index in [-0.39, 0.29) is 24.8 Å². The number of hydrogen-bond acceptors (Lipinski definition) is 0. The first-order chi connectivity index (χ1) is 16.4. The predicted octanol–water partition coefficient (Wildman–Crippen LogP) is 9.21. The van der Waals surface area contributed by atoms with Crippen LogP contribution in [-0.2, 0) is 15.4 Å². The van der Waals surface area contributed by atoms with Crippen molar-refractivity contribution in [2.45, 2.75) is 22.2 Å². The van der Waals surface area contributed by atoms with E-state index in [0.29, 0.717) is 0 Å². The van der Waals surface area contributed by atoms with E-state index in [1.54, 1.807) is 6.66 Å². The van der Waals surface area contributed by atoms with Crippen molar-refractivity contribution in [2.75, 3.05) is 0 Å². The monoisotopic (exact) mass is 740 g/mol. The van der Waals surface area contributed by atoms with Crippen LogP contribution in [0.25, 0.3) is 32.7 Å². The van der Waals surface area contributed by atoms with E-state index >= 15 is 0 Å². The van der Waals surface area contributed by atoms with Crippen LogP contribution in [0.1, 0.15) is 24.0 Å². The van der Waals surface area contributed by atoms with Crippen LogP contribution in [0.3, 0.4) is 0 Å². The minimum absolute atomic E-state index is 0. The Morgan fingerprint density at radius 2 is 0.944 bits per heavy atom. The van der Waals surface area contributed by atoms with Crippen molar-refractivity contribution in [1.82, 2.24) is 0 Å². The van der Waals surface area contributed by atoms with Crippen molar-refractivity contribution in [1.29, 1.82) is 0 Å². The molecule has 6 rings (SSSR count). The summed E-state index contributed by atoms with van der Waals surface area (Å²) in [5, 5.41) is 5.38. The van der Waals surface area contributed by atoms with Gasteiger partial charge in [-0.05, 0) is 0 Å². The van der Waals surface area contributed by atoms with Crippen LogP contribution in [-0.4, -0.2) is 12.2 Å². The summed E-state index contributed by atoms with van der Waals surface area (Å²) in [6, 6.07) is 31.0. The van der Waals surface area contributed by atoms with Gasteiger partial charge in [-0.2, -0.15) is 0 Å². The standard InChI is InChI=1S/2C15H11.2CH3.2ClH.GeH2.Hf/c2*1-2-7-12(6-1)15-11-5-9-13-8-3-4-10-14(13)15;;;;;;/h2*3-11H,1H2;2*1H3;2*1H;1H2;. The van der Waals surface area contributed by atoms with Crippen molar-refractivity contribution < 1.29 is 15.4 Å². The van der Waals surface area contributed by atoms with Crippen LogP contribution in [0, 0.1) is 0 Å². The zero-order chi connectivity index (χ0) is 23.4. The molecule has 182 valence electrons. The van der Waals surface area contributed by atoms with E-state index in [9.17, 15) is 0 Å². The van der Waals surface area contributed by atoms with Crippen LogP contribution >= 0.6 is 24.8 Å². The third kappa shape index (κ3) is 4.69. The zero-order valence-corrected chi connectivity index (χ0v) is 29.0. The van der Waals surface area contributed by atoms with Crippen LogP contribution in [0.4, 0.5) is 0 Å². The Hall–Kier alpha value is -1.65. The maximum atomic E-state index is 2.69. The van der Waals surface area contributed by atoms with Crippen molar-refractivity contribution in [3.05, 3.63) is 127 Å². The molecule has 0 aromatic heterocycles. The second kappa shape index (κ2) is 10.3. The molecule has 0 heterocycles. The average molecular weight is 739 g/mol. The van der Waals surface area contributed by atoms with E-state index < -0.39 is 15.4 Å². The third-order valence-corrected chi connectivity index (χ3v) is 40.9. The number of allylic oxidation sites excluding steroid dienone is 8. The van der Waals surface area contributed by atoms with Gasteiger partial charge in [-0.1, -0.05) is 0 Å². The summed E-state index contributed by atoms with van der Waals surface area (Å²) in [4.78, 5) is 0. The molecule has 2 aliphatic carbocycles. The fourth-order valence-corrected chi connectivity index (χ4v) is 25.5. The first-order valence-corrected chi connectivity index (χ1v) is 37.7. The van der Waals surface area contributed by atoms with Gasteiger partial charge in [-0.3, -0.25) is 0 Å². The van der Waals surface area contributed by atoms with Crippen LogP contribution in [0.5, 0.6) is 0 Å². The Morgan fingerprint density at radius 3 is 1.39 bits per heavy atom. The molecule has 36 heavy (non-hydrogen) atoms. The molecule has 0 saturated carbocycles. The quantitative estimate of drug-likeness (QED) is 0.183. The van der Waals surface area contributed by atoms with Gasteiger partial charge in [0.2, 0.25) is 0 Å². The van der Waals surface area contributed by atoms with Crippen LogP contribution in [0.15, 0.2) is 116 Å². The van der Waals surface area contributed by atoms with Gasteiger partial charge < -0.3 is 0 Å². The SMILES string of the molecule is Cl.Cl.[CH3][Hf]([CH3])(=[GeH2])([C]1=CC(c2cccc3ccccc23)=CC1)[C]1=CC(c2cccc3ccccc23)=CC1. The average Bonchev–Trinajstić information content (AvgIpc) is 3.55. The van der Waals surface area contributed by atoms with Crippen molar-refractivity contribution in [3.63, 3.8) is 0 Å². The Balaban J connectivity index is 0.00000152. The number of benzene rings is 4. The summed E-state index contributed by atoms with van der Waals surface area (Å²) in [6.45, 7) is 0. The molecule has 0 bridgehead atoms. The molecule has 0 radical (unpaired) electrons. The van der Waals surface area contributed by atoms with Crippen molar-refractivity contribution >= 4 is 69.7 Å². The first kappa shape index (κ1) is 27.4. The van der Waals surface area contributed by atoms with E-state index in [2.05, 4.69) is 119 Å². The summed E-state index contributed by atoms with van der Waals surface area (Å²) in [7, 11) is 0. The molecule has 4 aromatic carbocycles. The normalized spacial score (nSPS) is 15.5. The number of hydrogen-bond donors (Lipinski definition) is 0. The van der Waals surface area contributed by atoms with E-state index in [1.807, 2.05) is 0 Å².